The van der Waals surface area contributed by atoms with Gasteiger partial charge in [-0.25, -0.2) is 4.98 Å². The van der Waals surface area contributed by atoms with Crippen LogP contribution in [0.2, 0.25) is 0 Å². The SMILES string of the molecule is CN(c1ccccc1)c1nc2c(cc1C#N)CCC2. The van der Waals surface area contributed by atoms with Gasteiger partial charge < -0.3 is 4.90 Å². The molecule has 1 aliphatic carbocycles. The molecule has 3 rings (SSSR count). The number of anilines is 2. The molecule has 0 spiro atoms. The van der Waals surface area contributed by atoms with E-state index >= 15 is 0 Å². The van der Waals surface area contributed by atoms with Gasteiger partial charge in [-0.1, -0.05) is 18.2 Å². The van der Waals surface area contributed by atoms with E-state index in [4.69, 9.17) is 4.98 Å². The second kappa shape index (κ2) is 4.74. The van der Waals surface area contributed by atoms with E-state index < -0.39 is 0 Å². The van der Waals surface area contributed by atoms with E-state index in [1.807, 2.05) is 48.3 Å². The summed E-state index contributed by atoms with van der Waals surface area (Å²) in [7, 11) is 1.96. The van der Waals surface area contributed by atoms with E-state index in [-0.39, 0.29) is 0 Å². The van der Waals surface area contributed by atoms with Crippen molar-refractivity contribution in [3.8, 4) is 6.07 Å². The zero-order valence-electron chi connectivity index (χ0n) is 10.9. The topological polar surface area (TPSA) is 39.9 Å². The highest BCUT2D eigenvalue weighted by atomic mass is 15.2. The van der Waals surface area contributed by atoms with Gasteiger partial charge in [0.05, 0.1) is 5.56 Å². The van der Waals surface area contributed by atoms with Gasteiger partial charge in [0.1, 0.15) is 6.07 Å². The summed E-state index contributed by atoms with van der Waals surface area (Å²) in [4.78, 5) is 6.69. The molecule has 2 aromatic rings. The normalized spacial score (nSPS) is 12.8. The number of rotatable bonds is 2. The minimum Gasteiger partial charge on any atom is -0.328 e. The summed E-state index contributed by atoms with van der Waals surface area (Å²) < 4.78 is 0. The van der Waals surface area contributed by atoms with Crippen molar-refractivity contribution in [3.05, 3.63) is 53.2 Å². The Labute approximate surface area is 113 Å². The van der Waals surface area contributed by atoms with Crippen molar-refractivity contribution in [1.82, 2.24) is 4.98 Å². The summed E-state index contributed by atoms with van der Waals surface area (Å²) in [6.45, 7) is 0. The number of pyridine rings is 1. The quantitative estimate of drug-likeness (QED) is 0.820. The molecule has 0 amide bonds. The van der Waals surface area contributed by atoms with E-state index in [0.717, 1.165) is 36.5 Å². The molecular weight excluding hydrogens is 234 g/mol. The van der Waals surface area contributed by atoms with Crippen molar-refractivity contribution < 1.29 is 0 Å². The number of nitrogens with zero attached hydrogens (tertiary/aromatic N) is 3. The minimum absolute atomic E-state index is 0.659. The molecule has 0 saturated carbocycles. The highest BCUT2D eigenvalue weighted by Gasteiger charge is 2.18. The highest BCUT2D eigenvalue weighted by molar-refractivity contribution is 5.66. The molecule has 1 aromatic heterocycles. The molecule has 1 heterocycles. The van der Waals surface area contributed by atoms with E-state index in [1.165, 1.54) is 5.56 Å². The van der Waals surface area contributed by atoms with E-state index in [0.29, 0.717) is 5.56 Å². The summed E-state index contributed by atoms with van der Waals surface area (Å²) in [6.07, 6.45) is 3.22. The lowest BCUT2D eigenvalue weighted by Crippen LogP contribution is -2.14. The molecule has 0 unspecified atom stereocenters. The summed E-state index contributed by atoms with van der Waals surface area (Å²) in [5.74, 6) is 0.759. The van der Waals surface area contributed by atoms with Crippen LogP contribution < -0.4 is 4.90 Å². The molecule has 0 radical (unpaired) electrons. The van der Waals surface area contributed by atoms with Crippen molar-refractivity contribution in [3.63, 3.8) is 0 Å². The third-order valence-electron chi connectivity index (χ3n) is 3.61. The highest BCUT2D eigenvalue weighted by Crippen LogP contribution is 2.29. The number of hydrogen-bond donors (Lipinski definition) is 0. The lowest BCUT2D eigenvalue weighted by Gasteiger charge is -2.20. The molecule has 1 aliphatic rings. The minimum atomic E-state index is 0.659. The Balaban J connectivity index is 2.08. The Morgan fingerprint density at radius 2 is 2.00 bits per heavy atom. The van der Waals surface area contributed by atoms with Gasteiger partial charge in [0.15, 0.2) is 5.82 Å². The van der Waals surface area contributed by atoms with E-state index in [9.17, 15) is 5.26 Å². The third kappa shape index (κ3) is 2.06. The molecular formula is C16H15N3. The Morgan fingerprint density at radius 3 is 2.74 bits per heavy atom. The largest absolute Gasteiger partial charge is 0.328 e. The van der Waals surface area contributed by atoms with Crippen LogP contribution in [0.5, 0.6) is 0 Å². The predicted octanol–water partition coefficient (Wildman–Crippen LogP) is 3.21. The van der Waals surface area contributed by atoms with Crippen LogP contribution in [0.25, 0.3) is 0 Å². The summed E-state index contributed by atoms with van der Waals surface area (Å²) >= 11 is 0. The molecule has 0 aliphatic heterocycles. The van der Waals surface area contributed by atoms with Crippen LogP contribution in [0.4, 0.5) is 11.5 Å². The summed E-state index contributed by atoms with van der Waals surface area (Å²) in [6, 6.07) is 14.3. The Kier molecular flexibility index (Phi) is 2.92. The van der Waals surface area contributed by atoms with Gasteiger partial charge in [0.25, 0.3) is 0 Å². The zero-order chi connectivity index (χ0) is 13.2. The lowest BCUT2D eigenvalue weighted by molar-refractivity contribution is 0.898. The standard InChI is InChI=1S/C16H15N3/c1-19(14-7-3-2-4-8-14)16-13(11-17)10-12-6-5-9-15(12)18-16/h2-4,7-8,10H,5-6,9H2,1H3. The molecule has 3 heteroatoms. The molecule has 0 saturated heterocycles. The number of fused-ring (bicyclic) bond motifs is 1. The Hall–Kier alpha value is -2.34. The van der Waals surface area contributed by atoms with Crippen LogP contribution in [0, 0.1) is 11.3 Å². The number of para-hydroxylation sites is 1. The zero-order valence-corrected chi connectivity index (χ0v) is 10.9. The average molecular weight is 249 g/mol. The molecule has 3 nitrogen and oxygen atoms in total. The summed E-state index contributed by atoms with van der Waals surface area (Å²) in [5.41, 5.74) is 4.09. The Bertz CT molecular complexity index is 641. The van der Waals surface area contributed by atoms with Crippen LogP contribution >= 0.6 is 0 Å². The van der Waals surface area contributed by atoms with Crippen molar-refractivity contribution in [2.45, 2.75) is 19.3 Å². The fraction of sp³-hybridized carbons (Fsp3) is 0.250. The monoisotopic (exact) mass is 249 g/mol. The maximum absolute atomic E-state index is 9.33. The molecule has 94 valence electrons. The van der Waals surface area contributed by atoms with Crippen LogP contribution in [-0.2, 0) is 12.8 Å². The van der Waals surface area contributed by atoms with Crippen molar-refractivity contribution in [2.75, 3.05) is 11.9 Å². The Morgan fingerprint density at radius 1 is 1.21 bits per heavy atom. The number of hydrogen-bond acceptors (Lipinski definition) is 3. The molecule has 19 heavy (non-hydrogen) atoms. The summed E-state index contributed by atoms with van der Waals surface area (Å²) in [5, 5.41) is 9.33. The molecule has 1 aromatic carbocycles. The molecule has 0 fully saturated rings. The first kappa shape index (κ1) is 11.7. The maximum Gasteiger partial charge on any atom is 0.151 e. The van der Waals surface area contributed by atoms with Crippen LogP contribution in [-0.4, -0.2) is 12.0 Å². The first-order valence-electron chi connectivity index (χ1n) is 6.51. The van der Waals surface area contributed by atoms with Gasteiger partial charge in [-0.3, -0.25) is 0 Å². The number of aromatic nitrogens is 1. The first-order valence-corrected chi connectivity index (χ1v) is 6.51. The van der Waals surface area contributed by atoms with Gasteiger partial charge in [0.2, 0.25) is 0 Å². The van der Waals surface area contributed by atoms with Crippen molar-refractivity contribution in [2.24, 2.45) is 0 Å². The smallest absolute Gasteiger partial charge is 0.151 e. The predicted molar refractivity (Wildman–Crippen MR) is 75.5 cm³/mol. The van der Waals surface area contributed by atoms with Crippen molar-refractivity contribution in [1.29, 1.82) is 5.26 Å². The molecule has 0 N–H and O–H groups in total. The van der Waals surface area contributed by atoms with Crippen LogP contribution in [0.3, 0.4) is 0 Å². The van der Waals surface area contributed by atoms with E-state index in [2.05, 4.69) is 6.07 Å². The number of benzene rings is 1. The molecule has 0 atom stereocenters. The van der Waals surface area contributed by atoms with E-state index in [1.54, 1.807) is 0 Å². The average Bonchev–Trinajstić information content (AvgIpc) is 2.93. The lowest BCUT2D eigenvalue weighted by atomic mass is 10.1. The van der Waals surface area contributed by atoms with Gasteiger partial charge in [0, 0.05) is 18.4 Å². The molecule has 0 bridgehead atoms. The second-order valence-electron chi connectivity index (χ2n) is 4.83. The first-order chi connectivity index (χ1) is 9.29. The third-order valence-corrected chi connectivity index (χ3v) is 3.61. The van der Waals surface area contributed by atoms with Crippen LogP contribution in [0.1, 0.15) is 23.2 Å². The fourth-order valence-electron chi connectivity index (χ4n) is 2.57. The van der Waals surface area contributed by atoms with Gasteiger partial charge in [-0.2, -0.15) is 5.26 Å². The van der Waals surface area contributed by atoms with Crippen LogP contribution in [0.15, 0.2) is 36.4 Å². The fourth-order valence-corrected chi connectivity index (χ4v) is 2.57. The van der Waals surface area contributed by atoms with Crippen molar-refractivity contribution >= 4 is 11.5 Å². The van der Waals surface area contributed by atoms with Gasteiger partial charge >= 0.3 is 0 Å². The second-order valence-corrected chi connectivity index (χ2v) is 4.83. The van der Waals surface area contributed by atoms with Gasteiger partial charge in [-0.15, -0.1) is 0 Å². The van der Waals surface area contributed by atoms with Gasteiger partial charge in [-0.05, 0) is 43.0 Å². The number of nitriles is 1. The maximum atomic E-state index is 9.33. The number of aryl methyl sites for hydroxylation is 2.